The van der Waals surface area contributed by atoms with Gasteiger partial charge in [0, 0.05) is 37.2 Å². The number of nitrogens with zero attached hydrogens (tertiary/aromatic N) is 1. The summed E-state index contributed by atoms with van der Waals surface area (Å²) in [5, 5.41) is 2.94. The lowest BCUT2D eigenvalue weighted by atomic mass is 9.82. The molecule has 0 bridgehead atoms. The summed E-state index contributed by atoms with van der Waals surface area (Å²) in [5.74, 6) is -0.589. The Balaban J connectivity index is 1.81. The largest absolute Gasteiger partial charge is 0.450 e. The molecule has 1 aromatic rings. The fraction of sp³-hybridized carbons (Fsp3) is 0.500. The molecule has 1 amide bonds. The summed E-state index contributed by atoms with van der Waals surface area (Å²) < 4.78 is 5.70. The predicted molar refractivity (Wildman–Crippen MR) is 97.3 cm³/mol. The highest BCUT2D eigenvalue weighted by molar-refractivity contribution is 6.12. The number of ether oxygens (including phenoxy) is 1. The van der Waals surface area contributed by atoms with Crippen LogP contribution in [-0.4, -0.2) is 42.0 Å². The van der Waals surface area contributed by atoms with E-state index in [1.807, 2.05) is 24.3 Å². The molecule has 1 saturated heterocycles. The van der Waals surface area contributed by atoms with Gasteiger partial charge in [-0.25, -0.2) is 4.79 Å². The molecular weight excluding hydrogens is 316 g/mol. The van der Waals surface area contributed by atoms with Gasteiger partial charge in [-0.3, -0.25) is 4.79 Å². The highest BCUT2D eigenvalue weighted by Gasteiger charge is 2.50. The zero-order valence-corrected chi connectivity index (χ0v) is 15.2. The van der Waals surface area contributed by atoms with Gasteiger partial charge in [-0.1, -0.05) is 26.0 Å². The van der Waals surface area contributed by atoms with E-state index in [0.29, 0.717) is 24.0 Å². The first-order chi connectivity index (χ1) is 12.0. The number of aryl methyl sites for hydroxylation is 1. The molecule has 2 aliphatic rings. The zero-order valence-electron chi connectivity index (χ0n) is 15.2. The van der Waals surface area contributed by atoms with Crippen LogP contribution in [0.3, 0.4) is 0 Å². The maximum Gasteiger partial charge on any atom is 0.335 e. The van der Waals surface area contributed by atoms with Crippen molar-refractivity contribution in [3.05, 3.63) is 41.0 Å². The van der Waals surface area contributed by atoms with Crippen LogP contribution in [0, 0.1) is 0 Å². The molecule has 0 saturated carbocycles. The predicted octanol–water partition coefficient (Wildman–Crippen LogP) is 2.92. The average molecular weight is 342 g/mol. The summed E-state index contributed by atoms with van der Waals surface area (Å²) in [6.07, 6.45) is 2.29. The summed E-state index contributed by atoms with van der Waals surface area (Å²) >= 11 is 0. The molecule has 1 aromatic carbocycles. The smallest absolute Gasteiger partial charge is 0.335 e. The van der Waals surface area contributed by atoms with Crippen molar-refractivity contribution in [3.63, 3.8) is 0 Å². The number of anilines is 1. The molecule has 0 atom stereocenters. The molecule has 1 spiro atoms. The molecule has 2 heterocycles. The second-order valence-corrected chi connectivity index (χ2v) is 6.82. The lowest BCUT2D eigenvalue weighted by Gasteiger charge is -2.38. The van der Waals surface area contributed by atoms with Gasteiger partial charge in [0.2, 0.25) is 0 Å². The van der Waals surface area contributed by atoms with E-state index in [-0.39, 0.29) is 11.9 Å². The standard InChI is InChI=1S/C20H26N2O3/c1-4-15-6-8-16(9-7-15)21-18(23)17-14(3)19(24)25-20(17)10-12-22(5-2)13-11-20/h6-9H,4-5,10-13H2,1-3H3,(H,21,23). The van der Waals surface area contributed by atoms with Gasteiger partial charge in [0.25, 0.3) is 5.91 Å². The van der Waals surface area contributed by atoms with E-state index >= 15 is 0 Å². The fourth-order valence-corrected chi connectivity index (χ4v) is 3.73. The van der Waals surface area contributed by atoms with Crippen LogP contribution < -0.4 is 5.32 Å². The van der Waals surface area contributed by atoms with E-state index in [0.717, 1.165) is 31.7 Å². The molecule has 1 N–H and O–H groups in total. The Kier molecular flexibility index (Phi) is 4.95. The molecule has 25 heavy (non-hydrogen) atoms. The van der Waals surface area contributed by atoms with Crippen LogP contribution in [0.5, 0.6) is 0 Å². The monoisotopic (exact) mass is 342 g/mol. The number of hydrogen-bond acceptors (Lipinski definition) is 4. The van der Waals surface area contributed by atoms with Crippen molar-refractivity contribution in [2.24, 2.45) is 0 Å². The number of piperidine rings is 1. The number of likely N-dealkylation sites (tertiary alicyclic amines) is 1. The van der Waals surface area contributed by atoms with Gasteiger partial charge in [-0.05, 0) is 37.6 Å². The van der Waals surface area contributed by atoms with E-state index in [2.05, 4.69) is 24.1 Å². The lowest BCUT2D eigenvalue weighted by molar-refractivity contribution is -0.150. The highest BCUT2D eigenvalue weighted by Crippen LogP contribution is 2.41. The molecule has 5 heteroatoms. The molecule has 0 radical (unpaired) electrons. The van der Waals surface area contributed by atoms with Crippen LogP contribution in [0.25, 0.3) is 0 Å². The van der Waals surface area contributed by atoms with E-state index in [4.69, 9.17) is 4.74 Å². The van der Waals surface area contributed by atoms with Crippen LogP contribution in [0.15, 0.2) is 35.4 Å². The van der Waals surface area contributed by atoms with Gasteiger partial charge in [0.05, 0.1) is 5.57 Å². The summed E-state index contributed by atoms with van der Waals surface area (Å²) in [5.41, 5.74) is 2.14. The quantitative estimate of drug-likeness (QED) is 0.855. The number of carbonyl (C=O) groups is 2. The number of nitrogens with one attached hydrogen (secondary N) is 1. The van der Waals surface area contributed by atoms with Gasteiger partial charge in [-0.2, -0.15) is 0 Å². The van der Waals surface area contributed by atoms with E-state index < -0.39 is 5.60 Å². The Hall–Kier alpha value is -2.14. The third kappa shape index (κ3) is 3.33. The Bertz CT molecular complexity index is 698. The minimum Gasteiger partial charge on any atom is -0.450 e. The van der Waals surface area contributed by atoms with Crippen LogP contribution >= 0.6 is 0 Å². The summed E-state index contributed by atoms with van der Waals surface area (Å²) in [6.45, 7) is 8.54. The summed E-state index contributed by atoms with van der Waals surface area (Å²) in [7, 11) is 0. The normalized spacial score (nSPS) is 20.0. The minimum absolute atomic E-state index is 0.224. The number of hydrogen-bond donors (Lipinski definition) is 1. The van der Waals surface area contributed by atoms with Crippen molar-refractivity contribution in [2.75, 3.05) is 25.0 Å². The van der Waals surface area contributed by atoms with Gasteiger partial charge in [0.1, 0.15) is 5.60 Å². The van der Waals surface area contributed by atoms with Crippen molar-refractivity contribution in [3.8, 4) is 0 Å². The van der Waals surface area contributed by atoms with E-state index in [1.165, 1.54) is 5.56 Å². The molecule has 3 rings (SSSR count). The highest BCUT2D eigenvalue weighted by atomic mass is 16.6. The van der Waals surface area contributed by atoms with Gasteiger partial charge < -0.3 is 15.0 Å². The first-order valence-corrected chi connectivity index (χ1v) is 9.06. The Morgan fingerprint density at radius 2 is 1.84 bits per heavy atom. The van der Waals surface area contributed by atoms with E-state index in [1.54, 1.807) is 6.92 Å². The van der Waals surface area contributed by atoms with Crippen LogP contribution in [0.2, 0.25) is 0 Å². The number of benzene rings is 1. The Morgan fingerprint density at radius 1 is 1.20 bits per heavy atom. The number of amides is 1. The Labute approximate surface area is 149 Å². The second kappa shape index (κ2) is 7.00. The van der Waals surface area contributed by atoms with Crippen molar-refractivity contribution in [2.45, 2.75) is 45.6 Å². The SMILES string of the molecule is CCc1ccc(NC(=O)C2=C(C)C(=O)OC23CCN(CC)CC3)cc1. The molecule has 0 aromatic heterocycles. The van der Waals surface area contributed by atoms with Crippen LogP contribution in [-0.2, 0) is 20.7 Å². The maximum atomic E-state index is 12.9. The van der Waals surface area contributed by atoms with E-state index in [9.17, 15) is 9.59 Å². The molecule has 2 aliphatic heterocycles. The number of esters is 1. The number of rotatable bonds is 4. The van der Waals surface area contributed by atoms with Crippen molar-refractivity contribution < 1.29 is 14.3 Å². The minimum atomic E-state index is -0.764. The second-order valence-electron chi connectivity index (χ2n) is 6.82. The summed E-state index contributed by atoms with van der Waals surface area (Å²) in [4.78, 5) is 27.4. The molecule has 5 nitrogen and oxygen atoms in total. The molecular formula is C20H26N2O3. The lowest BCUT2D eigenvalue weighted by Crippen LogP contribution is -2.47. The third-order valence-electron chi connectivity index (χ3n) is 5.38. The summed E-state index contributed by atoms with van der Waals surface area (Å²) in [6, 6.07) is 7.80. The van der Waals surface area contributed by atoms with Crippen molar-refractivity contribution in [1.29, 1.82) is 0 Å². The zero-order chi connectivity index (χ0) is 18.0. The topological polar surface area (TPSA) is 58.6 Å². The third-order valence-corrected chi connectivity index (χ3v) is 5.38. The van der Waals surface area contributed by atoms with Crippen LogP contribution in [0.4, 0.5) is 5.69 Å². The molecule has 0 aliphatic carbocycles. The first-order valence-electron chi connectivity index (χ1n) is 9.06. The van der Waals surface area contributed by atoms with Gasteiger partial charge >= 0.3 is 5.97 Å². The Morgan fingerprint density at radius 3 is 2.40 bits per heavy atom. The first kappa shape index (κ1) is 17.7. The van der Waals surface area contributed by atoms with Gasteiger partial charge in [-0.15, -0.1) is 0 Å². The van der Waals surface area contributed by atoms with Gasteiger partial charge in [0.15, 0.2) is 0 Å². The fourth-order valence-electron chi connectivity index (χ4n) is 3.73. The molecule has 0 unspecified atom stereocenters. The molecule has 134 valence electrons. The average Bonchev–Trinajstić information content (AvgIpc) is 2.86. The number of carbonyl (C=O) groups excluding carboxylic acids is 2. The maximum absolute atomic E-state index is 12.9. The molecule has 1 fully saturated rings. The van der Waals surface area contributed by atoms with Crippen LogP contribution in [0.1, 0.15) is 39.2 Å². The van der Waals surface area contributed by atoms with Crippen molar-refractivity contribution in [1.82, 2.24) is 4.90 Å². The van der Waals surface area contributed by atoms with Crippen molar-refractivity contribution >= 4 is 17.6 Å².